The van der Waals surface area contributed by atoms with E-state index in [1.54, 1.807) is 36.4 Å². The van der Waals surface area contributed by atoms with Crippen LogP contribution in [0, 0.1) is 0 Å². The molecule has 0 aliphatic heterocycles. The fraction of sp³-hybridized carbons (Fsp3) is 0.467. The van der Waals surface area contributed by atoms with Gasteiger partial charge in [-0.2, -0.15) is 0 Å². The molecule has 0 saturated heterocycles. The fourth-order valence-corrected chi connectivity index (χ4v) is 3.39. The second kappa shape index (κ2) is 6.39. The first-order chi connectivity index (χ1) is 9.87. The molecule has 21 heavy (non-hydrogen) atoms. The number of pyridine rings is 1. The topological polar surface area (TPSA) is 67.3 Å². The Hall–Kier alpha value is -1.69. The number of amides is 1. The fourth-order valence-electron chi connectivity index (χ4n) is 2.36. The minimum atomic E-state index is -3.10. The van der Waals surface area contributed by atoms with Gasteiger partial charge in [0, 0.05) is 36.8 Å². The van der Waals surface area contributed by atoms with Gasteiger partial charge in [-0.25, -0.2) is 8.42 Å². The van der Waals surface area contributed by atoms with Crippen molar-refractivity contribution in [3.8, 4) is 0 Å². The smallest absolute Gasteiger partial charge is 0.247 e. The second-order valence-electron chi connectivity index (χ2n) is 5.54. The van der Waals surface area contributed by atoms with Gasteiger partial charge in [-0.15, -0.1) is 0 Å². The van der Waals surface area contributed by atoms with Crippen molar-refractivity contribution in [2.75, 3.05) is 12.0 Å². The molecule has 1 saturated carbocycles. The highest BCUT2D eigenvalue weighted by Crippen LogP contribution is 2.29. The van der Waals surface area contributed by atoms with E-state index < -0.39 is 9.84 Å². The highest BCUT2D eigenvalue weighted by atomic mass is 32.2. The van der Waals surface area contributed by atoms with Gasteiger partial charge >= 0.3 is 0 Å². The minimum Gasteiger partial charge on any atom is -0.332 e. The summed E-state index contributed by atoms with van der Waals surface area (Å²) in [6, 6.07) is 3.53. The Kier molecular flexibility index (Phi) is 4.77. The van der Waals surface area contributed by atoms with Crippen LogP contribution in [-0.4, -0.2) is 48.3 Å². The Morgan fingerprint density at radius 2 is 2.24 bits per heavy atom. The van der Waals surface area contributed by atoms with Crippen molar-refractivity contribution in [3.05, 3.63) is 36.2 Å². The zero-order chi connectivity index (χ0) is 15.5. The maximum atomic E-state index is 12.3. The van der Waals surface area contributed by atoms with Crippen LogP contribution in [-0.2, 0) is 14.6 Å². The maximum absolute atomic E-state index is 12.3. The summed E-state index contributed by atoms with van der Waals surface area (Å²) < 4.78 is 22.9. The van der Waals surface area contributed by atoms with Crippen LogP contribution in [0.5, 0.6) is 0 Å². The average molecular weight is 308 g/mol. The summed E-state index contributed by atoms with van der Waals surface area (Å²) in [4.78, 5) is 18.0. The standard InChI is InChI=1S/C15H20N2O3S/c1-12(11-21(2,19)20)17(14-6-7-14)15(18)8-5-13-4-3-9-16-10-13/h3-5,8-10,12,14H,6-7,11H2,1-2H3/b8-5-/t12-/m0/s1. The first-order valence-electron chi connectivity index (χ1n) is 6.95. The Balaban J connectivity index is 2.08. The van der Waals surface area contributed by atoms with Crippen LogP contribution >= 0.6 is 0 Å². The molecule has 2 rings (SSSR count). The van der Waals surface area contributed by atoms with Crippen molar-refractivity contribution < 1.29 is 13.2 Å². The average Bonchev–Trinajstić information content (AvgIpc) is 3.20. The number of nitrogens with zero attached hydrogens (tertiary/aromatic N) is 2. The van der Waals surface area contributed by atoms with E-state index in [0.29, 0.717) is 0 Å². The molecule has 1 aliphatic rings. The van der Waals surface area contributed by atoms with Crippen molar-refractivity contribution in [3.63, 3.8) is 0 Å². The summed E-state index contributed by atoms with van der Waals surface area (Å²) in [5.74, 6) is -0.145. The van der Waals surface area contributed by atoms with E-state index in [0.717, 1.165) is 18.4 Å². The van der Waals surface area contributed by atoms with Gasteiger partial charge in [-0.1, -0.05) is 6.07 Å². The predicted octanol–water partition coefficient (Wildman–Crippen LogP) is 1.52. The van der Waals surface area contributed by atoms with Gasteiger partial charge < -0.3 is 4.90 Å². The number of hydrogen-bond acceptors (Lipinski definition) is 4. The van der Waals surface area contributed by atoms with Gasteiger partial charge in [-0.3, -0.25) is 9.78 Å². The molecule has 0 aromatic carbocycles. The number of sulfone groups is 1. The molecule has 114 valence electrons. The van der Waals surface area contributed by atoms with E-state index in [9.17, 15) is 13.2 Å². The number of aromatic nitrogens is 1. The molecule has 5 nitrogen and oxygen atoms in total. The molecule has 1 aromatic heterocycles. The Labute approximate surface area is 125 Å². The van der Waals surface area contributed by atoms with Gasteiger partial charge in [0.05, 0.1) is 5.75 Å². The molecule has 6 heteroatoms. The van der Waals surface area contributed by atoms with Crippen LogP contribution in [0.25, 0.3) is 6.08 Å². The molecule has 1 amide bonds. The number of carbonyl (C=O) groups excluding carboxylic acids is 1. The third-order valence-electron chi connectivity index (χ3n) is 3.32. The second-order valence-corrected chi connectivity index (χ2v) is 7.72. The third-order valence-corrected chi connectivity index (χ3v) is 4.40. The van der Waals surface area contributed by atoms with Gasteiger partial charge in [0.2, 0.25) is 5.91 Å². The van der Waals surface area contributed by atoms with E-state index in [1.807, 2.05) is 6.07 Å². The lowest BCUT2D eigenvalue weighted by atomic mass is 10.2. The van der Waals surface area contributed by atoms with Crippen LogP contribution in [0.3, 0.4) is 0 Å². The SMILES string of the molecule is C[C@@H](CS(C)(=O)=O)N(C(=O)/C=C\c1cccnc1)C1CC1. The molecular formula is C15H20N2O3S. The van der Waals surface area contributed by atoms with E-state index in [-0.39, 0.29) is 23.7 Å². The quantitative estimate of drug-likeness (QED) is 0.747. The maximum Gasteiger partial charge on any atom is 0.247 e. The zero-order valence-corrected chi connectivity index (χ0v) is 13.1. The molecule has 0 radical (unpaired) electrons. The Bertz CT molecular complexity index is 622. The van der Waals surface area contributed by atoms with E-state index in [2.05, 4.69) is 4.98 Å². The molecule has 0 N–H and O–H groups in total. The van der Waals surface area contributed by atoms with Crippen LogP contribution in [0.15, 0.2) is 30.6 Å². The molecule has 1 atom stereocenters. The van der Waals surface area contributed by atoms with Crippen LogP contribution in [0.4, 0.5) is 0 Å². The first kappa shape index (κ1) is 15.7. The predicted molar refractivity (Wildman–Crippen MR) is 82.3 cm³/mol. The highest BCUT2D eigenvalue weighted by Gasteiger charge is 2.35. The number of hydrogen-bond donors (Lipinski definition) is 0. The minimum absolute atomic E-state index is 0.00400. The van der Waals surface area contributed by atoms with Crippen LogP contribution in [0.2, 0.25) is 0 Å². The lowest BCUT2D eigenvalue weighted by Gasteiger charge is -2.27. The third kappa shape index (κ3) is 4.97. The van der Waals surface area contributed by atoms with Gasteiger partial charge in [0.1, 0.15) is 9.84 Å². The Morgan fingerprint density at radius 3 is 2.76 bits per heavy atom. The van der Waals surface area contributed by atoms with Crippen LogP contribution < -0.4 is 0 Å². The molecule has 1 heterocycles. The number of rotatable bonds is 6. The summed E-state index contributed by atoms with van der Waals surface area (Å²) >= 11 is 0. The summed E-state index contributed by atoms with van der Waals surface area (Å²) in [5, 5.41) is 0. The molecule has 1 aromatic rings. The molecule has 1 fully saturated rings. The molecule has 0 spiro atoms. The highest BCUT2D eigenvalue weighted by molar-refractivity contribution is 7.90. The lowest BCUT2D eigenvalue weighted by molar-refractivity contribution is -0.128. The van der Waals surface area contributed by atoms with Crippen molar-refractivity contribution in [1.82, 2.24) is 9.88 Å². The van der Waals surface area contributed by atoms with Gasteiger partial charge in [0.25, 0.3) is 0 Å². The monoisotopic (exact) mass is 308 g/mol. The van der Waals surface area contributed by atoms with Gasteiger partial charge in [0.15, 0.2) is 0 Å². The van der Waals surface area contributed by atoms with Crippen molar-refractivity contribution in [2.24, 2.45) is 0 Å². The summed E-state index contributed by atoms with van der Waals surface area (Å²) in [7, 11) is -3.10. The molecule has 0 unspecified atom stereocenters. The number of carbonyl (C=O) groups is 1. The van der Waals surface area contributed by atoms with E-state index in [1.165, 1.54) is 12.3 Å². The van der Waals surface area contributed by atoms with Crippen molar-refractivity contribution in [1.29, 1.82) is 0 Å². The van der Waals surface area contributed by atoms with Crippen molar-refractivity contribution in [2.45, 2.75) is 31.8 Å². The van der Waals surface area contributed by atoms with E-state index >= 15 is 0 Å². The van der Waals surface area contributed by atoms with Gasteiger partial charge in [-0.05, 0) is 37.5 Å². The largest absolute Gasteiger partial charge is 0.332 e. The van der Waals surface area contributed by atoms with E-state index in [4.69, 9.17) is 0 Å². The summed E-state index contributed by atoms with van der Waals surface area (Å²) in [6.07, 6.45) is 9.63. The summed E-state index contributed by atoms with van der Waals surface area (Å²) in [5.41, 5.74) is 0.845. The zero-order valence-electron chi connectivity index (χ0n) is 12.3. The lowest BCUT2D eigenvalue weighted by Crippen LogP contribution is -2.43. The first-order valence-corrected chi connectivity index (χ1v) is 9.01. The molecule has 1 aliphatic carbocycles. The Morgan fingerprint density at radius 1 is 1.52 bits per heavy atom. The van der Waals surface area contributed by atoms with Crippen molar-refractivity contribution >= 4 is 21.8 Å². The van der Waals surface area contributed by atoms with Crippen LogP contribution in [0.1, 0.15) is 25.3 Å². The normalized spacial score (nSPS) is 16.9. The summed E-state index contributed by atoms with van der Waals surface area (Å²) in [6.45, 7) is 1.79. The molecular weight excluding hydrogens is 288 g/mol. The molecule has 0 bridgehead atoms.